The van der Waals surface area contributed by atoms with Crippen molar-refractivity contribution in [1.82, 2.24) is 5.32 Å². The summed E-state index contributed by atoms with van der Waals surface area (Å²) in [5.41, 5.74) is 2.30. The molecule has 4 nitrogen and oxygen atoms in total. The lowest BCUT2D eigenvalue weighted by atomic mass is 9.99. The highest BCUT2D eigenvalue weighted by molar-refractivity contribution is 5.67. The van der Waals surface area contributed by atoms with Crippen LogP contribution in [0.25, 0.3) is 0 Å². The van der Waals surface area contributed by atoms with E-state index in [1.54, 1.807) is 7.11 Å². The van der Waals surface area contributed by atoms with Gasteiger partial charge >= 0.3 is 5.97 Å². The van der Waals surface area contributed by atoms with Crippen molar-refractivity contribution in [3.63, 3.8) is 0 Å². The summed E-state index contributed by atoms with van der Waals surface area (Å²) in [6.07, 6.45) is 1.87. The molecule has 0 saturated heterocycles. The van der Waals surface area contributed by atoms with Crippen LogP contribution in [0.2, 0.25) is 0 Å². The summed E-state index contributed by atoms with van der Waals surface area (Å²) in [5, 5.41) is 12.2. The first-order chi connectivity index (χ1) is 9.06. The maximum Gasteiger partial charge on any atom is 0.304 e. The minimum Gasteiger partial charge on any atom is -0.497 e. The van der Waals surface area contributed by atoms with Crippen molar-refractivity contribution in [3.05, 3.63) is 29.3 Å². The van der Waals surface area contributed by atoms with Gasteiger partial charge in [-0.15, -0.1) is 0 Å². The molecule has 19 heavy (non-hydrogen) atoms. The summed E-state index contributed by atoms with van der Waals surface area (Å²) >= 11 is 0. The van der Waals surface area contributed by atoms with E-state index in [1.165, 1.54) is 0 Å². The second-order valence-corrected chi connectivity index (χ2v) is 4.75. The molecule has 0 spiro atoms. The summed E-state index contributed by atoms with van der Waals surface area (Å²) < 4.78 is 5.17. The van der Waals surface area contributed by atoms with E-state index in [0.29, 0.717) is 0 Å². The minimum atomic E-state index is -0.764. The number of methoxy groups -OCH3 is 1. The highest BCUT2D eigenvalue weighted by Crippen LogP contribution is 2.18. The summed E-state index contributed by atoms with van der Waals surface area (Å²) in [5.74, 6) is 0.0670. The van der Waals surface area contributed by atoms with Gasteiger partial charge in [-0.25, -0.2) is 0 Å². The number of aliphatic carboxylic acids is 1. The van der Waals surface area contributed by atoms with Gasteiger partial charge in [0.1, 0.15) is 5.75 Å². The molecule has 4 heteroatoms. The molecule has 0 aliphatic carbocycles. The van der Waals surface area contributed by atoms with E-state index < -0.39 is 5.97 Å². The van der Waals surface area contributed by atoms with Crippen LogP contribution in [0.15, 0.2) is 18.2 Å². The number of rotatable bonds is 8. The van der Waals surface area contributed by atoms with Gasteiger partial charge in [-0.1, -0.05) is 13.0 Å². The van der Waals surface area contributed by atoms with Gasteiger partial charge in [0.15, 0.2) is 0 Å². The third-order valence-corrected chi connectivity index (χ3v) is 3.12. The lowest BCUT2D eigenvalue weighted by Crippen LogP contribution is -2.34. The van der Waals surface area contributed by atoms with Crippen molar-refractivity contribution in [2.45, 2.75) is 39.2 Å². The first-order valence-corrected chi connectivity index (χ1v) is 6.65. The van der Waals surface area contributed by atoms with Crippen LogP contribution in [0.4, 0.5) is 0 Å². The summed E-state index contributed by atoms with van der Waals surface area (Å²) in [6, 6.07) is 5.88. The molecule has 0 heterocycles. The van der Waals surface area contributed by atoms with Crippen molar-refractivity contribution < 1.29 is 14.6 Å². The highest BCUT2D eigenvalue weighted by atomic mass is 16.5. The fourth-order valence-electron chi connectivity index (χ4n) is 2.07. The Kier molecular flexibility index (Phi) is 6.36. The number of carboxylic acids is 1. The van der Waals surface area contributed by atoms with Crippen LogP contribution in [0.1, 0.15) is 30.9 Å². The Morgan fingerprint density at radius 3 is 2.74 bits per heavy atom. The normalized spacial score (nSPS) is 12.2. The van der Waals surface area contributed by atoms with Gasteiger partial charge < -0.3 is 15.2 Å². The maximum absolute atomic E-state index is 10.9. The quantitative estimate of drug-likeness (QED) is 0.757. The Morgan fingerprint density at radius 1 is 1.47 bits per heavy atom. The van der Waals surface area contributed by atoms with Crippen molar-refractivity contribution in [2.75, 3.05) is 13.7 Å². The molecule has 1 rings (SSSR count). The van der Waals surface area contributed by atoms with Gasteiger partial charge in [-0.2, -0.15) is 0 Å². The van der Waals surface area contributed by atoms with Crippen LogP contribution in [0, 0.1) is 6.92 Å². The third-order valence-electron chi connectivity index (χ3n) is 3.12. The molecule has 0 aliphatic rings. The molecule has 1 unspecified atom stereocenters. The largest absolute Gasteiger partial charge is 0.497 e. The number of hydrogen-bond donors (Lipinski definition) is 2. The van der Waals surface area contributed by atoms with E-state index in [9.17, 15) is 4.79 Å². The minimum absolute atomic E-state index is 0.0236. The first-order valence-electron chi connectivity index (χ1n) is 6.65. The van der Waals surface area contributed by atoms with E-state index in [0.717, 1.165) is 36.3 Å². The number of nitrogens with one attached hydrogen (secondary N) is 1. The fourth-order valence-corrected chi connectivity index (χ4v) is 2.07. The Bertz CT molecular complexity index is 418. The van der Waals surface area contributed by atoms with E-state index >= 15 is 0 Å². The van der Waals surface area contributed by atoms with Crippen molar-refractivity contribution >= 4 is 5.97 Å². The number of hydrogen-bond acceptors (Lipinski definition) is 3. The van der Waals surface area contributed by atoms with Gasteiger partial charge in [0.2, 0.25) is 0 Å². The summed E-state index contributed by atoms with van der Waals surface area (Å²) in [7, 11) is 1.64. The van der Waals surface area contributed by atoms with Crippen molar-refractivity contribution in [1.29, 1.82) is 0 Å². The van der Waals surface area contributed by atoms with Crippen LogP contribution in [-0.2, 0) is 11.2 Å². The maximum atomic E-state index is 10.9. The Hall–Kier alpha value is -1.55. The van der Waals surface area contributed by atoms with E-state index in [4.69, 9.17) is 9.84 Å². The number of aryl methyl sites for hydroxylation is 1. The average Bonchev–Trinajstić information content (AvgIpc) is 2.37. The molecular formula is C15H23NO3. The van der Waals surface area contributed by atoms with Crippen LogP contribution in [0.3, 0.4) is 0 Å². The van der Waals surface area contributed by atoms with Crippen molar-refractivity contribution in [2.24, 2.45) is 0 Å². The predicted molar refractivity (Wildman–Crippen MR) is 75.8 cm³/mol. The standard InChI is InChI=1S/C15H23NO3/c1-4-7-16-13(10-15(17)18)9-12-5-6-14(19-3)8-11(12)2/h5-6,8,13,16H,4,7,9-10H2,1-3H3,(H,17,18). The zero-order valence-corrected chi connectivity index (χ0v) is 11.9. The van der Waals surface area contributed by atoms with Gasteiger partial charge in [-0.3, -0.25) is 4.79 Å². The predicted octanol–water partition coefficient (Wildman–Crippen LogP) is 2.39. The Morgan fingerprint density at radius 2 is 2.21 bits per heavy atom. The average molecular weight is 265 g/mol. The number of benzene rings is 1. The monoisotopic (exact) mass is 265 g/mol. The number of ether oxygens (including phenoxy) is 1. The third kappa shape index (κ3) is 5.30. The van der Waals surface area contributed by atoms with Gasteiger partial charge in [0.05, 0.1) is 13.5 Å². The first kappa shape index (κ1) is 15.5. The Labute approximate surface area is 114 Å². The SMILES string of the molecule is CCCNC(CC(=O)O)Cc1ccc(OC)cc1C. The summed E-state index contributed by atoms with van der Waals surface area (Å²) in [4.78, 5) is 10.9. The molecule has 1 atom stereocenters. The highest BCUT2D eigenvalue weighted by Gasteiger charge is 2.14. The van der Waals surface area contributed by atoms with Crippen LogP contribution in [0.5, 0.6) is 5.75 Å². The topological polar surface area (TPSA) is 58.6 Å². The summed E-state index contributed by atoms with van der Waals surface area (Å²) in [6.45, 7) is 4.94. The van der Waals surface area contributed by atoms with E-state index in [2.05, 4.69) is 12.2 Å². The lowest BCUT2D eigenvalue weighted by molar-refractivity contribution is -0.137. The fraction of sp³-hybridized carbons (Fsp3) is 0.533. The number of carboxylic acid groups (broad SMARTS) is 1. The Balaban J connectivity index is 2.74. The van der Waals surface area contributed by atoms with Crippen LogP contribution < -0.4 is 10.1 Å². The van der Waals surface area contributed by atoms with Gasteiger partial charge in [0, 0.05) is 6.04 Å². The smallest absolute Gasteiger partial charge is 0.304 e. The molecule has 0 bridgehead atoms. The number of carbonyl (C=O) groups is 1. The molecular weight excluding hydrogens is 242 g/mol. The van der Waals surface area contributed by atoms with Gasteiger partial charge in [0.25, 0.3) is 0 Å². The molecule has 106 valence electrons. The molecule has 0 fully saturated rings. The molecule has 1 aromatic carbocycles. The van der Waals surface area contributed by atoms with E-state index in [1.807, 2.05) is 25.1 Å². The second-order valence-electron chi connectivity index (χ2n) is 4.75. The van der Waals surface area contributed by atoms with Crippen LogP contribution >= 0.6 is 0 Å². The molecule has 0 aliphatic heterocycles. The molecule has 0 saturated carbocycles. The second kappa shape index (κ2) is 7.79. The van der Waals surface area contributed by atoms with E-state index in [-0.39, 0.29) is 12.5 Å². The van der Waals surface area contributed by atoms with Crippen LogP contribution in [-0.4, -0.2) is 30.8 Å². The lowest BCUT2D eigenvalue weighted by Gasteiger charge is -2.18. The van der Waals surface area contributed by atoms with Crippen molar-refractivity contribution in [3.8, 4) is 5.75 Å². The zero-order valence-electron chi connectivity index (χ0n) is 11.9. The molecule has 0 aromatic heterocycles. The molecule has 2 N–H and O–H groups in total. The molecule has 0 radical (unpaired) electrons. The zero-order chi connectivity index (χ0) is 14.3. The molecule has 0 amide bonds. The molecule has 1 aromatic rings. The van der Waals surface area contributed by atoms with Gasteiger partial charge in [-0.05, 0) is 49.6 Å².